The van der Waals surface area contributed by atoms with Crippen LogP contribution in [-0.4, -0.2) is 34.1 Å². The minimum atomic E-state index is -1.27. The Morgan fingerprint density at radius 3 is 2.85 bits per heavy atom. The largest absolute Gasteiger partial charge is 0.479 e. The monoisotopic (exact) mass is 474 g/mol. The molecule has 2 aliphatic rings. The lowest BCUT2D eigenvalue weighted by Gasteiger charge is -2.33. The van der Waals surface area contributed by atoms with Crippen LogP contribution in [0.5, 0.6) is 5.75 Å². The maximum absolute atomic E-state index is 14.9. The van der Waals surface area contributed by atoms with E-state index in [0.717, 1.165) is 17.8 Å². The summed E-state index contributed by atoms with van der Waals surface area (Å²) in [4.78, 5) is 21.2. The van der Waals surface area contributed by atoms with Gasteiger partial charge in [0.2, 0.25) is 0 Å². The van der Waals surface area contributed by atoms with Gasteiger partial charge in [0, 0.05) is 23.2 Å². The van der Waals surface area contributed by atoms with E-state index in [4.69, 9.17) is 16.9 Å². The van der Waals surface area contributed by atoms with E-state index in [1.807, 2.05) is 0 Å². The molecule has 1 aromatic heterocycles. The van der Waals surface area contributed by atoms with Gasteiger partial charge in [-0.25, -0.2) is 18.2 Å². The number of aryl methyl sites for hydroxylation is 1. The molecule has 0 saturated heterocycles. The highest BCUT2D eigenvalue weighted by Crippen LogP contribution is 2.66. The van der Waals surface area contributed by atoms with E-state index in [1.54, 1.807) is 19.9 Å². The molecule has 1 unspecified atom stereocenters. The lowest BCUT2D eigenvalue weighted by molar-refractivity contribution is 0.102. The van der Waals surface area contributed by atoms with E-state index in [2.05, 4.69) is 21.2 Å². The number of ether oxygens (including phenoxy) is 1. The van der Waals surface area contributed by atoms with Crippen LogP contribution in [0.2, 0.25) is 0 Å². The van der Waals surface area contributed by atoms with Gasteiger partial charge in [0.1, 0.15) is 24.7 Å². The van der Waals surface area contributed by atoms with E-state index in [-0.39, 0.29) is 34.6 Å². The van der Waals surface area contributed by atoms with Crippen molar-refractivity contribution in [1.82, 2.24) is 4.98 Å². The van der Waals surface area contributed by atoms with Crippen LogP contribution in [0.4, 0.5) is 18.9 Å². The maximum Gasteiger partial charge on any atom is 0.274 e. The number of benzene rings is 1. The average molecular weight is 475 g/mol. The molecule has 1 aliphatic heterocycles. The van der Waals surface area contributed by atoms with E-state index in [1.165, 1.54) is 12.3 Å². The number of amidine groups is 1. The molecule has 3 N–H and O–H groups in total. The summed E-state index contributed by atoms with van der Waals surface area (Å²) in [6.45, 7) is 2.66. The SMILES string of the molecule is C#CCOc1cnc(C(=O)Nc2cc(F)c(F)c([C@@]3(C)N=C(N)S[C@@]4(CF)CC43)c2)c(C)c1. The third-order valence-electron chi connectivity index (χ3n) is 6.00. The molecule has 1 amide bonds. The molecular weight excluding hydrogens is 453 g/mol. The highest BCUT2D eigenvalue weighted by Gasteiger charge is 2.66. The van der Waals surface area contributed by atoms with Gasteiger partial charge in [0.05, 0.1) is 16.5 Å². The Hall–Kier alpha value is -3.19. The van der Waals surface area contributed by atoms with Gasteiger partial charge in [-0.1, -0.05) is 17.7 Å². The molecule has 0 spiro atoms. The molecular formula is C23H21F3N4O2S. The second-order valence-corrected chi connectivity index (χ2v) is 9.69. The fourth-order valence-electron chi connectivity index (χ4n) is 4.28. The second-order valence-electron chi connectivity index (χ2n) is 8.26. The van der Waals surface area contributed by atoms with Crippen molar-refractivity contribution in [3.8, 4) is 18.1 Å². The molecule has 33 heavy (non-hydrogen) atoms. The smallest absolute Gasteiger partial charge is 0.274 e. The Bertz CT molecular complexity index is 1210. The van der Waals surface area contributed by atoms with Crippen molar-refractivity contribution in [3.63, 3.8) is 0 Å². The molecule has 1 aliphatic carbocycles. The van der Waals surface area contributed by atoms with Crippen LogP contribution in [0.15, 0.2) is 29.4 Å². The van der Waals surface area contributed by atoms with Crippen LogP contribution in [0, 0.1) is 36.8 Å². The van der Waals surface area contributed by atoms with Crippen LogP contribution in [0.3, 0.4) is 0 Å². The molecule has 3 atom stereocenters. The first kappa shape index (κ1) is 23.0. The number of carbonyl (C=O) groups excluding carboxylic acids is 1. The van der Waals surface area contributed by atoms with Crippen molar-refractivity contribution in [1.29, 1.82) is 0 Å². The normalized spacial score (nSPS) is 25.5. The van der Waals surface area contributed by atoms with E-state index in [9.17, 15) is 18.0 Å². The first-order valence-electron chi connectivity index (χ1n) is 10.1. The Labute approximate surface area is 193 Å². The molecule has 1 saturated carbocycles. The molecule has 4 rings (SSSR count). The highest BCUT2D eigenvalue weighted by atomic mass is 32.2. The van der Waals surface area contributed by atoms with Gasteiger partial charge in [0.15, 0.2) is 16.8 Å². The maximum atomic E-state index is 14.9. The fraction of sp³-hybridized carbons (Fsp3) is 0.348. The molecule has 0 radical (unpaired) electrons. The lowest BCUT2D eigenvalue weighted by atomic mass is 9.85. The summed E-state index contributed by atoms with van der Waals surface area (Å²) in [6.07, 6.45) is 6.94. The Morgan fingerprint density at radius 1 is 1.42 bits per heavy atom. The van der Waals surface area contributed by atoms with Gasteiger partial charge in [-0.3, -0.25) is 9.79 Å². The van der Waals surface area contributed by atoms with Gasteiger partial charge in [-0.15, -0.1) is 6.42 Å². The number of nitrogens with zero attached hydrogens (tertiary/aromatic N) is 2. The quantitative estimate of drug-likeness (QED) is 0.619. The molecule has 172 valence electrons. The zero-order valence-electron chi connectivity index (χ0n) is 17.9. The number of carbonyl (C=O) groups is 1. The molecule has 2 heterocycles. The lowest BCUT2D eigenvalue weighted by Crippen LogP contribution is -2.37. The number of pyridine rings is 1. The van der Waals surface area contributed by atoms with E-state index in [0.29, 0.717) is 17.7 Å². The van der Waals surface area contributed by atoms with Gasteiger partial charge in [-0.2, -0.15) is 0 Å². The van der Waals surface area contributed by atoms with Crippen molar-refractivity contribution in [3.05, 3.63) is 52.9 Å². The Balaban J connectivity index is 1.64. The standard InChI is InChI=1S/C23H21F3N4O2S/c1-4-5-32-14-6-12(2)19(28-10-14)20(31)29-13-7-15(18(26)16(25)8-13)22(3)17-9-23(17,11-24)33-21(27)30-22/h1,6-8,10,17H,5,9,11H2,2-3H3,(H2,27,30)(H,29,31)/t17?,22-,23-/m1/s1. The topological polar surface area (TPSA) is 89.6 Å². The summed E-state index contributed by atoms with van der Waals surface area (Å²) in [5.41, 5.74) is 5.14. The number of nitrogens with one attached hydrogen (secondary N) is 1. The second kappa shape index (κ2) is 8.30. The summed E-state index contributed by atoms with van der Waals surface area (Å²) in [7, 11) is 0. The molecule has 6 nitrogen and oxygen atoms in total. The van der Waals surface area contributed by atoms with Crippen LogP contribution < -0.4 is 15.8 Å². The third-order valence-corrected chi connectivity index (χ3v) is 7.27. The van der Waals surface area contributed by atoms with Crippen LogP contribution in [-0.2, 0) is 5.54 Å². The van der Waals surface area contributed by atoms with Crippen molar-refractivity contribution in [2.45, 2.75) is 30.6 Å². The molecule has 10 heteroatoms. The summed E-state index contributed by atoms with van der Waals surface area (Å²) in [5, 5.41) is 2.67. The minimum Gasteiger partial charge on any atom is -0.479 e. The van der Waals surface area contributed by atoms with Crippen LogP contribution in [0.25, 0.3) is 0 Å². The number of nitrogens with two attached hydrogens (primary N) is 1. The van der Waals surface area contributed by atoms with Crippen molar-refractivity contribution in [2.75, 3.05) is 18.6 Å². The molecule has 1 fully saturated rings. The summed E-state index contributed by atoms with van der Waals surface area (Å²) in [6, 6.07) is 3.78. The Morgan fingerprint density at radius 2 is 2.18 bits per heavy atom. The van der Waals surface area contributed by atoms with Crippen molar-refractivity contribution >= 4 is 28.5 Å². The van der Waals surface area contributed by atoms with Crippen LogP contribution >= 0.6 is 11.8 Å². The van der Waals surface area contributed by atoms with E-state index >= 15 is 0 Å². The molecule has 0 bridgehead atoms. The minimum absolute atomic E-state index is 0.0162. The third kappa shape index (κ3) is 4.02. The first-order chi connectivity index (χ1) is 15.6. The number of hydrogen-bond acceptors (Lipinski definition) is 6. The number of terminal acetylenes is 1. The average Bonchev–Trinajstić information content (AvgIpc) is 3.50. The number of rotatable bonds is 6. The predicted octanol–water partition coefficient (Wildman–Crippen LogP) is 3.94. The van der Waals surface area contributed by atoms with Crippen molar-refractivity contribution in [2.24, 2.45) is 16.6 Å². The molecule has 1 aromatic carbocycles. The number of amides is 1. The summed E-state index contributed by atoms with van der Waals surface area (Å²) in [5.74, 6) is -0.515. The number of thioether (sulfide) groups is 1. The predicted molar refractivity (Wildman–Crippen MR) is 121 cm³/mol. The highest BCUT2D eigenvalue weighted by molar-refractivity contribution is 8.15. The van der Waals surface area contributed by atoms with E-state index < -0.39 is 34.5 Å². The fourth-order valence-corrected chi connectivity index (χ4v) is 5.61. The van der Waals surface area contributed by atoms with Crippen molar-refractivity contribution < 1.29 is 22.7 Å². The summed E-state index contributed by atoms with van der Waals surface area (Å²) < 4.78 is 47.6. The number of anilines is 1. The zero-order chi connectivity index (χ0) is 24.0. The first-order valence-corrected chi connectivity index (χ1v) is 10.9. The van der Waals surface area contributed by atoms with Gasteiger partial charge < -0.3 is 15.8 Å². The number of aromatic nitrogens is 1. The number of aliphatic imine (C=N–C) groups is 1. The van der Waals surface area contributed by atoms with Gasteiger partial charge in [-0.05, 0) is 38.0 Å². The Kier molecular flexibility index (Phi) is 5.78. The summed E-state index contributed by atoms with van der Waals surface area (Å²) >= 11 is 1.13. The molecule has 2 aromatic rings. The van der Waals surface area contributed by atoms with Gasteiger partial charge in [0.25, 0.3) is 5.91 Å². The number of halogens is 3. The van der Waals surface area contributed by atoms with Crippen LogP contribution in [0.1, 0.15) is 35.0 Å². The zero-order valence-corrected chi connectivity index (χ0v) is 18.7. The van der Waals surface area contributed by atoms with Gasteiger partial charge >= 0.3 is 0 Å². The number of alkyl halides is 1. The number of fused-ring (bicyclic) bond motifs is 1. The number of hydrogen-bond donors (Lipinski definition) is 2.